The standard InChI is InChI=1S/C20H19ClN2O3/c21-18-9-19-16(17(10-23-19)20(24)25)8-15(18)12-3-5-14(6-4-12)26-11-13-2-1-7-22-13/h3-6,8-10,13,22-23H,1-2,7,11H2,(H,24,25). The van der Waals surface area contributed by atoms with Crippen LogP contribution in [0.4, 0.5) is 0 Å². The average Bonchev–Trinajstić information content (AvgIpc) is 3.29. The zero-order valence-corrected chi connectivity index (χ0v) is 14.8. The maximum Gasteiger partial charge on any atom is 0.337 e. The van der Waals surface area contributed by atoms with Crippen molar-refractivity contribution >= 4 is 28.5 Å². The molecule has 1 fully saturated rings. The molecule has 134 valence electrons. The fraction of sp³-hybridized carbons (Fsp3) is 0.250. The summed E-state index contributed by atoms with van der Waals surface area (Å²) < 4.78 is 5.84. The van der Waals surface area contributed by atoms with Gasteiger partial charge in [0.25, 0.3) is 0 Å². The largest absolute Gasteiger partial charge is 0.492 e. The van der Waals surface area contributed by atoms with Crippen molar-refractivity contribution in [2.24, 2.45) is 0 Å². The number of ether oxygens (including phenoxy) is 1. The molecule has 0 saturated carbocycles. The smallest absolute Gasteiger partial charge is 0.337 e. The van der Waals surface area contributed by atoms with E-state index in [1.807, 2.05) is 30.3 Å². The number of aromatic nitrogens is 1. The Kier molecular flexibility index (Phi) is 4.57. The van der Waals surface area contributed by atoms with Crippen molar-refractivity contribution in [1.82, 2.24) is 10.3 Å². The van der Waals surface area contributed by atoms with Crippen LogP contribution in [-0.2, 0) is 0 Å². The molecule has 1 aliphatic heterocycles. The van der Waals surface area contributed by atoms with Gasteiger partial charge >= 0.3 is 5.97 Å². The van der Waals surface area contributed by atoms with Crippen molar-refractivity contribution in [3.05, 3.63) is 53.2 Å². The van der Waals surface area contributed by atoms with Gasteiger partial charge in [-0.25, -0.2) is 4.79 Å². The summed E-state index contributed by atoms with van der Waals surface area (Å²) in [6, 6.07) is 11.7. The van der Waals surface area contributed by atoms with Gasteiger partial charge in [-0.1, -0.05) is 23.7 Å². The second-order valence-electron chi connectivity index (χ2n) is 6.51. The number of H-pyrrole nitrogens is 1. The van der Waals surface area contributed by atoms with Crippen LogP contribution in [0.1, 0.15) is 23.2 Å². The molecule has 4 rings (SSSR count). The Morgan fingerprint density at radius 3 is 2.77 bits per heavy atom. The lowest BCUT2D eigenvalue weighted by atomic mass is 10.0. The number of nitrogens with one attached hydrogen (secondary N) is 2. The summed E-state index contributed by atoms with van der Waals surface area (Å²) in [5.41, 5.74) is 2.66. The first-order valence-electron chi connectivity index (χ1n) is 8.62. The van der Waals surface area contributed by atoms with Crippen molar-refractivity contribution in [2.75, 3.05) is 13.2 Å². The van der Waals surface area contributed by atoms with E-state index in [1.165, 1.54) is 12.6 Å². The van der Waals surface area contributed by atoms with E-state index in [9.17, 15) is 9.90 Å². The summed E-state index contributed by atoms with van der Waals surface area (Å²) in [5, 5.41) is 13.9. The molecule has 6 heteroatoms. The molecule has 3 aromatic rings. The van der Waals surface area contributed by atoms with Crippen molar-refractivity contribution < 1.29 is 14.6 Å². The third-order valence-corrected chi connectivity index (χ3v) is 5.09. The van der Waals surface area contributed by atoms with Gasteiger partial charge in [0.2, 0.25) is 0 Å². The Bertz CT molecular complexity index is 944. The second kappa shape index (κ2) is 7.02. The number of carboxylic acid groups (broad SMARTS) is 1. The molecule has 0 aliphatic carbocycles. The highest BCUT2D eigenvalue weighted by Gasteiger charge is 2.15. The molecule has 2 aromatic carbocycles. The minimum atomic E-state index is -0.964. The highest BCUT2D eigenvalue weighted by molar-refractivity contribution is 6.34. The van der Waals surface area contributed by atoms with Gasteiger partial charge in [-0.3, -0.25) is 0 Å². The minimum absolute atomic E-state index is 0.238. The molecule has 3 N–H and O–H groups in total. The van der Waals surface area contributed by atoms with E-state index in [2.05, 4.69) is 10.3 Å². The molecular weight excluding hydrogens is 352 g/mol. The number of hydrogen-bond acceptors (Lipinski definition) is 3. The van der Waals surface area contributed by atoms with Crippen molar-refractivity contribution in [1.29, 1.82) is 0 Å². The SMILES string of the molecule is O=C(O)c1c[nH]c2cc(Cl)c(-c3ccc(OCC4CCCN4)cc3)cc12. The fourth-order valence-electron chi connectivity index (χ4n) is 3.37. The summed E-state index contributed by atoms with van der Waals surface area (Å²) in [6.07, 6.45) is 3.84. The van der Waals surface area contributed by atoms with Crippen LogP contribution in [0.15, 0.2) is 42.6 Å². The molecule has 2 heterocycles. The predicted molar refractivity (Wildman–Crippen MR) is 102 cm³/mol. The Morgan fingerprint density at radius 2 is 2.08 bits per heavy atom. The molecule has 26 heavy (non-hydrogen) atoms. The van der Waals surface area contributed by atoms with Gasteiger partial charge in [0, 0.05) is 28.7 Å². The van der Waals surface area contributed by atoms with E-state index < -0.39 is 5.97 Å². The third-order valence-electron chi connectivity index (χ3n) is 4.78. The first-order valence-corrected chi connectivity index (χ1v) is 9.00. The summed E-state index contributed by atoms with van der Waals surface area (Å²) in [5.74, 6) is -0.152. The Morgan fingerprint density at radius 1 is 1.27 bits per heavy atom. The highest BCUT2D eigenvalue weighted by atomic mass is 35.5. The molecule has 5 nitrogen and oxygen atoms in total. The molecule has 1 aromatic heterocycles. The first-order chi connectivity index (χ1) is 12.6. The topological polar surface area (TPSA) is 74.3 Å². The van der Waals surface area contributed by atoms with Crippen LogP contribution < -0.4 is 10.1 Å². The van der Waals surface area contributed by atoms with E-state index in [4.69, 9.17) is 16.3 Å². The molecule has 0 amide bonds. The molecule has 1 saturated heterocycles. The normalized spacial score (nSPS) is 16.9. The minimum Gasteiger partial charge on any atom is -0.492 e. The lowest BCUT2D eigenvalue weighted by Gasteiger charge is -2.13. The Hall–Kier alpha value is -2.50. The Balaban J connectivity index is 1.59. The van der Waals surface area contributed by atoms with Gasteiger partial charge in [0.05, 0.1) is 10.6 Å². The third kappa shape index (κ3) is 3.28. The van der Waals surface area contributed by atoms with Gasteiger partial charge in [-0.2, -0.15) is 0 Å². The molecular formula is C20H19ClN2O3. The van der Waals surface area contributed by atoms with Crippen LogP contribution in [0, 0.1) is 0 Å². The number of benzene rings is 2. The number of aromatic carboxylic acids is 1. The van der Waals surface area contributed by atoms with E-state index >= 15 is 0 Å². The van der Waals surface area contributed by atoms with Crippen LogP contribution in [0.5, 0.6) is 5.75 Å². The number of halogens is 1. The Labute approximate surface area is 155 Å². The van der Waals surface area contributed by atoms with Crippen LogP contribution >= 0.6 is 11.6 Å². The van der Waals surface area contributed by atoms with E-state index in [0.717, 1.165) is 29.8 Å². The van der Waals surface area contributed by atoms with E-state index in [1.54, 1.807) is 6.07 Å². The van der Waals surface area contributed by atoms with Crippen LogP contribution in [0.3, 0.4) is 0 Å². The maximum atomic E-state index is 11.4. The van der Waals surface area contributed by atoms with E-state index in [0.29, 0.717) is 28.6 Å². The van der Waals surface area contributed by atoms with Crippen molar-refractivity contribution in [3.63, 3.8) is 0 Å². The summed E-state index contributed by atoms with van der Waals surface area (Å²) >= 11 is 6.41. The maximum absolute atomic E-state index is 11.4. The molecule has 0 spiro atoms. The fourth-order valence-corrected chi connectivity index (χ4v) is 3.64. The number of hydrogen-bond donors (Lipinski definition) is 3. The van der Waals surface area contributed by atoms with Crippen molar-refractivity contribution in [2.45, 2.75) is 18.9 Å². The van der Waals surface area contributed by atoms with Crippen LogP contribution in [0.2, 0.25) is 5.02 Å². The zero-order valence-electron chi connectivity index (χ0n) is 14.1. The molecule has 1 aliphatic rings. The lowest BCUT2D eigenvalue weighted by molar-refractivity contribution is 0.0699. The number of rotatable bonds is 5. The lowest BCUT2D eigenvalue weighted by Crippen LogP contribution is -2.28. The number of aromatic amines is 1. The number of fused-ring (bicyclic) bond motifs is 1. The molecule has 0 radical (unpaired) electrons. The predicted octanol–water partition coefficient (Wildman–Crippen LogP) is 4.32. The zero-order chi connectivity index (χ0) is 18.1. The van der Waals surface area contributed by atoms with Gasteiger partial charge in [0.1, 0.15) is 12.4 Å². The second-order valence-corrected chi connectivity index (χ2v) is 6.92. The molecule has 0 bridgehead atoms. The van der Waals surface area contributed by atoms with Crippen LogP contribution in [-0.4, -0.2) is 35.3 Å². The number of carboxylic acids is 1. The van der Waals surface area contributed by atoms with Crippen molar-refractivity contribution in [3.8, 4) is 16.9 Å². The highest BCUT2D eigenvalue weighted by Crippen LogP contribution is 2.34. The number of carbonyl (C=O) groups is 1. The van der Waals surface area contributed by atoms with E-state index in [-0.39, 0.29) is 5.56 Å². The summed E-state index contributed by atoms with van der Waals surface area (Å²) in [6.45, 7) is 1.73. The average molecular weight is 371 g/mol. The summed E-state index contributed by atoms with van der Waals surface area (Å²) in [4.78, 5) is 14.3. The van der Waals surface area contributed by atoms with Gasteiger partial charge < -0.3 is 20.1 Å². The van der Waals surface area contributed by atoms with Crippen LogP contribution in [0.25, 0.3) is 22.0 Å². The monoisotopic (exact) mass is 370 g/mol. The summed E-state index contributed by atoms with van der Waals surface area (Å²) in [7, 11) is 0. The van der Waals surface area contributed by atoms with Gasteiger partial charge in [-0.05, 0) is 49.2 Å². The van der Waals surface area contributed by atoms with Gasteiger partial charge in [-0.15, -0.1) is 0 Å². The molecule has 1 atom stereocenters. The quantitative estimate of drug-likeness (QED) is 0.625. The van der Waals surface area contributed by atoms with Gasteiger partial charge in [0.15, 0.2) is 0 Å². The molecule has 1 unspecified atom stereocenters. The first kappa shape index (κ1) is 16.9.